The second kappa shape index (κ2) is 9.80. The Morgan fingerprint density at radius 1 is 1.03 bits per heavy atom. The molecule has 0 atom stereocenters. The van der Waals surface area contributed by atoms with Crippen LogP contribution in [0.2, 0.25) is 5.02 Å². The molecule has 1 N–H and O–H groups in total. The smallest absolute Gasteiger partial charge is 0.243 e. The van der Waals surface area contributed by atoms with Crippen molar-refractivity contribution in [2.24, 2.45) is 0 Å². The van der Waals surface area contributed by atoms with Crippen molar-refractivity contribution in [3.63, 3.8) is 0 Å². The van der Waals surface area contributed by atoms with Gasteiger partial charge in [-0.25, -0.2) is 12.8 Å². The summed E-state index contributed by atoms with van der Waals surface area (Å²) in [6.45, 7) is -0.331. The molecule has 0 fully saturated rings. The summed E-state index contributed by atoms with van der Waals surface area (Å²) in [7, 11) is -4.00. The molecule has 0 saturated carbocycles. The molecule has 0 radical (unpaired) electrons. The average Bonchev–Trinajstić information content (AvgIpc) is 2.74. The minimum Gasteiger partial charge on any atom is -0.349 e. The highest BCUT2D eigenvalue weighted by atomic mass is 35.5. The summed E-state index contributed by atoms with van der Waals surface area (Å²) in [5, 5.41) is 3.06. The lowest BCUT2D eigenvalue weighted by Crippen LogP contribution is -2.40. The Morgan fingerprint density at radius 3 is 2.37 bits per heavy atom. The van der Waals surface area contributed by atoms with Gasteiger partial charge in [0.05, 0.1) is 23.7 Å². The van der Waals surface area contributed by atoms with Crippen molar-refractivity contribution in [2.75, 3.05) is 6.54 Å². The molecule has 1 aromatic heterocycles. The second-order valence-corrected chi connectivity index (χ2v) is 8.83. The third kappa shape index (κ3) is 5.85. The Bertz CT molecular complexity index is 1090. The molecular formula is C21H19ClFN3O3S. The van der Waals surface area contributed by atoms with Gasteiger partial charge in [-0.3, -0.25) is 9.78 Å². The van der Waals surface area contributed by atoms with Crippen LogP contribution in [0.1, 0.15) is 11.3 Å². The van der Waals surface area contributed by atoms with Crippen molar-refractivity contribution in [1.82, 2.24) is 14.6 Å². The number of halogens is 2. The van der Waals surface area contributed by atoms with E-state index in [4.69, 9.17) is 11.6 Å². The molecule has 1 amide bonds. The molecule has 9 heteroatoms. The zero-order valence-electron chi connectivity index (χ0n) is 15.8. The third-order valence-electron chi connectivity index (χ3n) is 4.24. The van der Waals surface area contributed by atoms with E-state index in [-0.39, 0.29) is 18.0 Å². The minimum absolute atomic E-state index is 0.00605. The highest BCUT2D eigenvalue weighted by Crippen LogP contribution is 2.20. The fraction of sp³-hybridized carbons (Fsp3) is 0.143. The van der Waals surface area contributed by atoms with Crippen LogP contribution in [0.15, 0.2) is 77.8 Å². The van der Waals surface area contributed by atoms with E-state index in [9.17, 15) is 17.6 Å². The zero-order valence-corrected chi connectivity index (χ0v) is 17.4. The summed E-state index contributed by atoms with van der Waals surface area (Å²) in [6, 6.07) is 16.4. The molecule has 2 aromatic carbocycles. The lowest BCUT2D eigenvalue weighted by atomic mass is 10.2. The quantitative estimate of drug-likeness (QED) is 0.574. The molecule has 30 heavy (non-hydrogen) atoms. The van der Waals surface area contributed by atoms with Crippen LogP contribution in [0.3, 0.4) is 0 Å². The second-order valence-electron chi connectivity index (χ2n) is 6.45. The zero-order chi connectivity index (χ0) is 21.6. The molecule has 156 valence electrons. The number of hydrogen-bond acceptors (Lipinski definition) is 4. The first-order chi connectivity index (χ1) is 14.3. The number of amides is 1. The number of nitrogens with zero attached hydrogens (tertiary/aromatic N) is 2. The van der Waals surface area contributed by atoms with Crippen LogP contribution < -0.4 is 5.32 Å². The van der Waals surface area contributed by atoms with Gasteiger partial charge in [-0.15, -0.1) is 0 Å². The number of hydrogen-bond donors (Lipinski definition) is 1. The van der Waals surface area contributed by atoms with Crippen LogP contribution in [-0.4, -0.2) is 30.2 Å². The Hall–Kier alpha value is -2.81. The maximum absolute atomic E-state index is 13.2. The number of rotatable bonds is 8. The molecule has 0 aliphatic rings. The largest absolute Gasteiger partial charge is 0.349 e. The van der Waals surface area contributed by atoms with Gasteiger partial charge in [0.1, 0.15) is 5.82 Å². The van der Waals surface area contributed by atoms with Crippen molar-refractivity contribution in [1.29, 1.82) is 0 Å². The number of sulfonamides is 1. The molecule has 0 bridgehead atoms. The molecule has 0 aliphatic heterocycles. The van der Waals surface area contributed by atoms with E-state index < -0.39 is 28.3 Å². The summed E-state index contributed by atoms with van der Waals surface area (Å²) in [5.41, 5.74) is 1.20. The van der Waals surface area contributed by atoms with Gasteiger partial charge in [-0.2, -0.15) is 4.31 Å². The first-order valence-electron chi connectivity index (χ1n) is 9.01. The lowest BCUT2D eigenvalue weighted by Gasteiger charge is -2.22. The van der Waals surface area contributed by atoms with Crippen LogP contribution in [0.4, 0.5) is 4.39 Å². The Morgan fingerprint density at radius 2 is 1.73 bits per heavy atom. The van der Waals surface area contributed by atoms with Crippen molar-refractivity contribution in [3.05, 3.63) is 95.0 Å². The number of benzene rings is 2. The monoisotopic (exact) mass is 447 g/mol. The number of carbonyl (C=O) groups excluding carboxylic acids is 1. The normalized spacial score (nSPS) is 11.4. The Labute approximate surface area is 179 Å². The SMILES string of the molecule is O=C(CN(Cc1ccc(F)cc1)S(=O)(=O)c1ccc(Cl)cc1)NCc1ccccn1. The predicted molar refractivity (Wildman–Crippen MR) is 112 cm³/mol. The van der Waals surface area contributed by atoms with E-state index in [2.05, 4.69) is 10.3 Å². The number of carbonyl (C=O) groups is 1. The third-order valence-corrected chi connectivity index (χ3v) is 6.29. The molecule has 0 saturated heterocycles. The molecule has 3 rings (SSSR count). The fourth-order valence-corrected chi connectivity index (χ4v) is 4.19. The number of pyridine rings is 1. The van der Waals surface area contributed by atoms with Crippen LogP contribution >= 0.6 is 11.6 Å². The highest BCUT2D eigenvalue weighted by Gasteiger charge is 2.27. The average molecular weight is 448 g/mol. The maximum atomic E-state index is 13.2. The van der Waals surface area contributed by atoms with E-state index in [1.807, 2.05) is 0 Å². The summed E-state index contributed by atoms with van der Waals surface area (Å²) in [4.78, 5) is 16.6. The molecule has 6 nitrogen and oxygen atoms in total. The van der Waals surface area contributed by atoms with Gasteiger partial charge < -0.3 is 5.32 Å². The van der Waals surface area contributed by atoms with Gasteiger partial charge in [0.15, 0.2) is 0 Å². The van der Waals surface area contributed by atoms with E-state index in [1.54, 1.807) is 24.4 Å². The van der Waals surface area contributed by atoms with Crippen molar-refractivity contribution >= 4 is 27.5 Å². The topological polar surface area (TPSA) is 79.4 Å². The predicted octanol–water partition coefficient (Wildman–Crippen LogP) is 3.38. The van der Waals surface area contributed by atoms with Gasteiger partial charge in [0.2, 0.25) is 15.9 Å². The Kier molecular flexibility index (Phi) is 7.15. The van der Waals surface area contributed by atoms with Crippen LogP contribution in [0.25, 0.3) is 0 Å². The van der Waals surface area contributed by atoms with Crippen molar-refractivity contribution < 1.29 is 17.6 Å². The molecule has 3 aromatic rings. The molecule has 0 spiro atoms. The Balaban J connectivity index is 1.80. The van der Waals surface area contributed by atoms with E-state index >= 15 is 0 Å². The molecule has 0 unspecified atom stereocenters. The van der Waals surface area contributed by atoms with Gasteiger partial charge in [0, 0.05) is 17.8 Å². The lowest BCUT2D eigenvalue weighted by molar-refractivity contribution is -0.121. The minimum atomic E-state index is -4.00. The van der Waals surface area contributed by atoms with E-state index in [0.717, 1.165) is 4.31 Å². The summed E-state index contributed by atoms with van der Waals surface area (Å²) < 4.78 is 40.5. The summed E-state index contributed by atoms with van der Waals surface area (Å²) >= 11 is 5.86. The van der Waals surface area contributed by atoms with Gasteiger partial charge in [-0.05, 0) is 54.1 Å². The van der Waals surface area contributed by atoms with Crippen molar-refractivity contribution in [3.8, 4) is 0 Å². The number of aromatic nitrogens is 1. The van der Waals surface area contributed by atoms with Crippen LogP contribution in [0.5, 0.6) is 0 Å². The standard InChI is InChI=1S/C21H19ClFN3O3S/c22-17-6-10-20(11-7-17)30(28,29)26(14-16-4-8-18(23)9-5-16)15-21(27)25-13-19-3-1-2-12-24-19/h1-12H,13-15H2,(H,25,27). The fourth-order valence-electron chi connectivity index (χ4n) is 2.68. The summed E-state index contributed by atoms with van der Waals surface area (Å²) in [5.74, 6) is -0.917. The van der Waals surface area contributed by atoms with Gasteiger partial charge in [-0.1, -0.05) is 29.8 Å². The summed E-state index contributed by atoms with van der Waals surface area (Å²) in [6.07, 6.45) is 1.60. The van der Waals surface area contributed by atoms with E-state index in [1.165, 1.54) is 48.5 Å². The van der Waals surface area contributed by atoms with Crippen LogP contribution in [-0.2, 0) is 27.9 Å². The highest BCUT2D eigenvalue weighted by molar-refractivity contribution is 7.89. The van der Waals surface area contributed by atoms with Crippen molar-refractivity contribution in [2.45, 2.75) is 18.0 Å². The molecule has 0 aliphatic carbocycles. The van der Waals surface area contributed by atoms with Gasteiger partial charge >= 0.3 is 0 Å². The maximum Gasteiger partial charge on any atom is 0.243 e. The molecular weight excluding hydrogens is 429 g/mol. The van der Waals surface area contributed by atoms with Crippen LogP contribution in [0, 0.1) is 5.82 Å². The van der Waals surface area contributed by atoms with E-state index in [0.29, 0.717) is 16.3 Å². The first kappa shape index (κ1) is 21.9. The van der Waals surface area contributed by atoms with Gasteiger partial charge in [0.25, 0.3) is 0 Å². The molecule has 1 heterocycles. The number of nitrogens with one attached hydrogen (secondary N) is 1. The first-order valence-corrected chi connectivity index (χ1v) is 10.8.